The predicted molar refractivity (Wildman–Crippen MR) is 14.2 cm³/mol. The van der Waals surface area contributed by atoms with Crippen LogP contribution in [-0.2, 0) is 10.4 Å². The van der Waals surface area contributed by atoms with E-state index >= 15 is 0 Å². The molecule has 4 nitrogen and oxygen atoms in total. The second kappa shape index (κ2) is 2.95. The molecule has 6 heteroatoms. The van der Waals surface area contributed by atoms with Crippen LogP contribution in [0.5, 0.6) is 0 Å². The number of rotatable bonds is 0. The SMILES string of the molecule is O=S(=O)(O)O.[Na+]. The van der Waals surface area contributed by atoms with Crippen LogP contribution in [0.25, 0.3) is 0 Å². The Bertz CT molecular complexity index is 90.7. The summed E-state index contributed by atoms with van der Waals surface area (Å²) < 4.78 is 31.6. The van der Waals surface area contributed by atoms with Crippen molar-refractivity contribution in [2.24, 2.45) is 0 Å². The Labute approximate surface area is 57.4 Å². The van der Waals surface area contributed by atoms with Crippen molar-refractivity contribution in [3.63, 3.8) is 0 Å². The molecule has 0 aromatic rings. The first-order chi connectivity index (χ1) is 2.00. The van der Waals surface area contributed by atoms with Crippen LogP contribution in [0.15, 0.2) is 0 Å². The van der Waals surface area contributed by atoms with Crippen molar-refractivity contribution < 1.29 is 47.1 Å². The third-order valence-corrected chi connectivity index (χ3v) is 0. The van der Waals surface area contributed by atoms with E-state index in [1.165, 1.54) is 0 Å². The smallest absolute Gasteiger partial charge is 0.264 e. The largest absolute Gasteiger partial charge is 1.00 e. The van der Waals surface area contributed by atoms with E-state index in [-0.39, 0.29) is 29.6 Å². The van der Waals surface area contributed by atoms with Crippen LogP contribution in [0, 0.1) is 0 Å². The Morgan fingerprint density at radius 2 is 1.17 bits per heavy atom. The van der Waals surface area contributed by atoms with E-state index < -0.39 is 10.4 Å². The minimum Gasteiger partial charge on any atom is -0.264 e. The molecule has 0 amide bonds. The molecule has 2 N–H and O–H groups in total. The van der Waals surface area contributed by atoms with Crippen LogP contribution in [0.2, 0.25) is 0 Å². The van der Waals surface area contributed by atoms with Gasteiger partial charge in [0, 0.05) is 0 Å². The molecule has 0 aliphatic heterocycles. The zero-order chi connectivity index (χ0) is 4.50. The number of hydrogen-bond donors (Lipinski definition) is 2. The van der Waals surface area contributed by atoms with Gasteiger partial charge in [0.1, 0.15) is 0 Å². The molecule has 0 unspecified atom stereocenters. The second-order valence-electron chi connectivity index (χ2n) is 0.448. The van der Waals surface area contributed by atoms with Crippen LogP contribution in [-0.4, -0.2) is 17.5 Å². The molecule has 0 radical (unpaired) electrons. The average Bonchev–Trinajstić information content (AvgIpc) is 0.722. The predicted octanol–water partition coefficient (Wildman–Crippen LogP) is -3.65. The minimum absolute atomic E-state index is 0. The topological polar surface area (TPSA) is 74.6 Å². The van der Waals surface area contributed by atoms with Gasteiger partial charge in [-0.3, -0.25) is 9.11 Å². The van der Waals surface area contributed by atoms with Crippen molar-refractivity contribution in [1.29, 1.82) is 0 Å². The van der Waals surface area contributed by atoms with Crippen LogP contribution in [0.3, 0.4) is 0 Å². The molecule has 0 heterocycles. The summed E-state index contributed by atoms with van der Waals surface area (Å²) in [6, 6.07) is 0. The summed E-state index contributed by atoms with van der Waals surface area (Å²) in [6.07, 6.45) is 0. The summed E-state index contributed by atoms with van der Waals surface area (Å²) >= 11 is 0. The van der Waals surface area contributed by atoms with E-state index in [4.69, 9.17) is 17.5 Å². The van der Waals surface area contributed by atoms with Crippen molar-refractivity contribution in [3.05, 3.63) is 0 Å². The van der Waals surface area contributed by atoms with Crippen molar-refractivity contribution in [1.82, 2.24) is 0 Å². The monoisotopic (exact) mass is 121 g/mol. The van der Waals surface area contributed by atoms with Crippen LogP contribution < -0.4 is 29.6 Å². The van der Waals surface area contributed by atoms with E-state index in [9.17, 15) is 0 Å². The van der Waals surface area contributed by atoms with Gasteiger partial charge >= 0.3 is 40.0 Å². The molecular formula is H2NaO4S+. The Hall–Kier alpha value is 0.870. The van der Waals surface area contributed by atoms with E-state index in [0.29, 0.717) is 0 Å². The van der Waals surface area contributed by atoms with E-state index in [0.717, 1.165) is 0 Å². The minimum atomic E-state index is -4.67. The van der Waals surface area contributed by atoms with Gasteiger partial charge in [0.05, 0.1) is 0 Å². The van der Waals surface area contributed by atoms with Gasteiger partial charge in [-0.15, -0.1) is 0 Å². The van der Waals surface area contributed by atoms with Crippen LogP contribution in [0.4, 0.5) is 0 Å². The molecule has 0 saturated carbocycles. The first-order valence-electron chi connectivity index (χ1n) is 0.698. The fourth-order valence-corrected chi connectivity index (χ4v) is 0. The zero-order valence-electron chi connectivity index (χ0n) is 3.12. The molecule has 6 heavy (non-hydrogen) atoms. The summed E-state index contributed by atoms with van der Waals surface area (Å²) in [4.78, 5) is 0. The molecule has 0 saturated heterocycles. The quantitative estimate of drug-likeness (QED) is 0.256. The maximum atomic E-state index is 8.74. The summed E-state index contributed by atoms with van der Waals surface area (Å²) in [5, 5.41) is 0. The molecule has 0 rings (SSSR count). The molecule has 0 spiro atoms. The molecule has 0 fully saturated rings. The fraction of sp³-hybridized carbons (Fsp3) is 0. The standard InChI is InChI=1S/Na.H2O4S/c;1-5(2,3)4/h;(H2,1,2,3,4)/q+1;. The fourth-order valence-electron chi connectivity index (χ4n) is 0. The van der Waals surface area contributed by atoms with Gasteiger partial charge in [0.15, 0.2) is 0 Å². The van der Waals surface area contributed by atoms with Crippen molar-refractivity contribution in [2.75, 3.05) is 0 Å². The molecule has 0 atom stereocenters. The normalized spacial score (nSPS) is 9.67. The molecule has 0 aliphatic carbocycles. The van der Waals surface area contributed by atoms with Crippen molar-refractivity contribution in [2.45, 2.75) is 0 Å². The van der Waals surface area contributed by atoms with Crippen LogP contribution in [0.1, 0.15) is 0 Å². The van der Waals surface area contributed by atoms with Gasteiger partial charge in [-0.2, -0.15) is 8.42 Å². The molecule has 0 aromatic heterocycles. The van der Waals surface area contributed by atoms with Gasteiger partial charge in [-0.05, 0) is 0 Å². The number of hydrogen-bond acceptors (Lipinski definition) is 2. The first kappa shape index (κ1) is 9.98. The Morgan fingerprint density at radius 3 is 1.17 bits per heavy atom. The maximum Gasteiger partial charge on any atom is 1.00 e. The van der Waals surface area contributed by atoms with Crippen molar-refractivity contribution in [3.8, 4) is 0 Å². The average molecular weight is 121 g/mol. The van der Waals surface area contributed by atoms with Crippen molar-refractivity contribution >= 4 is 10.4 Å². The summed E-state index contributed by atoms with van der Waals surface area (Å²) in [7, 11) is -4.67. The van der Waals surface area contributed by atoms with E-state index in [1.807, 2.05) is 0 Å². The Morgan fingerprint density at radius 1 is 1.17 bits per heavy atom. The summed E-state index contributed by atoms with van der Waals surface area (Å²) in [6.45, 7) is 0. The molecule has 0 aliphatic rings. The van der Waals surface area contributed by atoms with Gasteiger partial charge < -0.3 is 0 Å². The first-order valence-corrected chi connectivity index (χ1v) is 2.10. The third-order valence-electron chi connectivity index (χ3n) is 0. The molecule has 32 valence electrons. The van der Waals surface area contributed by atoms with Gasteiger partial charge in [-0.1, -0.05) is 0 Å². The zero-order valence-corrected chi connectivity index (χ0v) is 5.94. The third kappa shape index (κ3) is 96.4. The molecule has 0 aromatic carbocycles. The Balaban J connectivity index is 0. The van der Waals surface area contributed by atoms with Gasteiger partial charge in [0.25, 0.3) is 0 Å². The van der Waals surface area contributed by atoms with Gasteiger partial charge in [-0.25, -0.2) is 0 Å². The second-order valence-corrected chi connectivity index (χ2v) is 1.34. The van der Waals surface area contributed by atoms with Gasteiger partial charge in [0.2, 0.25) is 0 Å². The summed E-state index contributed by atoms with van der Waals surface area (Å²) in [5.41, 5.74) is 0. The van der Waals surface area contributed by atoms with E-state index in [1.54, 1.807) is 0 Å². The Kier molecular flexibility index (Phi) is 4.91. The van der Waals surface area contributed by atoms with Crippen LogP contribution >= 0.6 is 0 Å². The summed E-state index contributed by atoms with van der Waals surface area (Å²) in [5.74, 6) is 0. The molecular weight excluding hydrogens is 119 g/mol. The van der Waals surface area contributed by atoms with E-state index in [2.05, 4.69) is 0 Å². The maximum absolute atomic E-state index is 8.74. The molecule has 0 bridgehead atoms.